The van der Waals surface area contributed by atoms with E-state index in [0.717, 1.165) is 17.0 Å². The molecule has 0 aliphatic carbocycles. The quantitative estimate of drug-likeness (QED) is 0.555. The Kier molecular flexibility index (Phi) is 9.03. The molecule has 2 atom stereocenters. The number of amides is 4. The van der Waals surface area contributed by atoms with Gasteiger partial charge in [0, 0.05) is 40.2 Å². The summed E-state index contributed by atoms with van der Waals surface area (Å²) in [7, 11) is 2.69. The average Bonchev–Trinajstić information content (AvgIpc) is 2.85. The first-order valence-electron chi connectivity index (χ1n) is 12.6. The number of rotatable bonds is 1. The zero-order chi connectivity index (χ0) is 29.1. The van der Waals surface area contributed by atoms with Gasteiger partial charge in [0.2, 0.25) is 11.8 Å². The summed E-state index contributed by atoms with van der Waals surface area (Å²) in [4.78, 5) is 69.0. The Morgan fingerprint density at radius 3 is 2.44 bits per heavy atom. The van der Waals surface area contributed by atoms with E-state index in [-0.39, 0.29) is 62.8 Å². The van der Waals surface area contributed by atoms with Gasteiger partial charge in [-0.05, 0) is 45.4 Å². The third-order valence-electron chi connectivity index (χ3n) is 6.56. The van der Waals surface area contributed by atoms with Crippen LogP contribution >= 0.6 is 0 Å². The minimum absolute atomic E-state index is 0.0118. The number of ether oxygens (including phenoxy) is 2. The first-order chi connectivity index (χ1) is 18.2. The van der Waals surface area contributed by atoms with Crippen molar-refractivity contribution >= 4 is 29.8 Å². The summed E-state index contributed by atoms with van der Waals surface area (Å²) in [6.45, 7) is 5.19. The average molecular weight is 551 g/mol. The van der Waals surface area contributed by atoms with Gasteiger partial charge in [-0.2, -0.15) is 0 Å². The number of carboxylic acid groups (broad SMARTS) is 1. The number of aliphatic carboxylic acids is 1. The van der Waals surface area contributed by atoms with E-state index in [1.807, 2.05) is 0 Å². The Balaban J connectivity index is 1.97. The van der Waals surface area contributed by atoms with Crippen molar-refractivity contribution < 1.29 is 42.9 Å². The fourth-order valence-corrected chi connectivity index (χ4v) is 4.45. The molecule has 1 aromatic carbocycles. The fourth-order valence-electron chi connectivity index (χ4n) is 4.45. The molecule has 2 heterocycles. The fraction of sp³-hybridized carbons (Fsp3) is 0.577. The molecule has 0 aromatic heterocycles. The van der Waals surface area contributed by atoms with Crippen LogP contribution in [0.2, 0.25) is 0 Å². The Labute approximate surface area is 226 Å². The smallest absolute Gasteiger partial charge is 0.410 e. The number of hydrogen-bond acceptors (Lipinski definition) is 7. The maximum atomic E-state index is 14.2. The summed E-state index contributed by atoms with van der Waals surface area (Å²) in [5, 5.41) is 9.73. The molecule has 0 bridgehead atoms. The van der Waals surface area contributed by atoms with Crippen molar-refractivity contribution in [2.45, 2.75) is 51.3 Å². The van der Waals surface area contributed by atoms with Crippen LogP contribution in [0.4, 0.5) is 9.18 Å². The van der Waals surface area contributed by atoms with E-state index in [0.29, 0.717) is 0 Å². The molecule has 4 amide bonds. The van der Waals surface area contributed by atoms with Crippen molar-refractivity contribution in [1.82, 2.24) is 19.6 Å². The topological polar surface area (TPSA) is 137 Å². The molecule has 1 fully saturated rings. The van der Waals surface area contributed by atoms with Crippen LogP contribution < -0.4 is 4.74 Å². The highest BCUT2D eigenvalue weighted by atomic mass is 19.1. The molecule has 1 N–H and O–H groups in total. The van der Waals surface area contributed by atoms with E-state index in [9.17, 15) is 33.5 Å². The van der Waals surface area contributed by atoms with Gasteiger partial charge >= 0.3 is 12.1 Å². The highest BCUT2D eigenvalue weighted by Crippen LogP contribution is 2.25. The van der Waals surface area contributed by atoms with Crippen molar-refractivity contribution in [2.24, 2.45) is 0 Å². The lowest BCUT2D eigenvalue weighted by Crippen LogP contribution is -2.60. The highest BCUT2D eigenvalue weighted by molar-refractivity contribution is 5.99. The van der Waals surface area contributed by atoms with Crippen molar-refractivity contribution in [3.05, 3.63) is 29.6 Å². The van der Waals surface area contributed by atoms with Gasteiger partial charge < -0.3 is 34.2 Å². The summed E-state index contributed by atoms with van der Waals surface area (Å²) >= 11 is 0. The SMILES string of the molecule is CN1CC(=O)N2CCN(C(=O)OC(C)(C)C)C[C@@H]2COc2ccc(F)cc2C(=O)N(C)C(C(=O)O)CCC1=O. The molecule has 1 saturated heterocycles. The maximum absolute atomic E-state index is 14.2. The second kappa shape index (κ2) is 11.9. The maximum Gasteiger partial charge on any atom is 0.410 e. The van der Waals surface area contributed by atoms with Crippen LogP contribution in [0, 0.1) is 5.82 Å². The lowest BCUT2D eigenvalue weighted by Gasteiger charge is -2.41. The summed E-state index contributed by atoms with van der Waals surface area (Å²) in [5.74, 6) is -3.74. The molecule has 2 aliphatic rings. The number of hydrogen-bond donors (Lipinski definition) is 1. The van der Waals surface area contributed by atoms with Gasteiger partial charge in [-0.3, -0.25) is 14.4 Å². The van der Waals surface area contributed by atoms with E-state index in [1.165, 1.54) is 34.9 Å². The molecule has 0 spiro atoms. The molecule has 13 heteroatoms. The number of fused-ring (bicyclic) bond motifs is 2. The number of benzene rings is 1. The van der Waals surface area contributed by atoms with Crippen LogP contribution in [0.25, 0.3) is 0 Å². The normalized spacial score (nSPS) is 21.8. The predicted octanol–water partition coefficient (Wildman–Crippen LogP) is 1.43. The Morgan fingerprint density at radius 2 is 1.79 bits per heavy atom. The molecular formula is C26H35FN4O8. The molecule has 0 radical (unpaired) electrons. The number of carbonyl (C=O) groups is 5. The van der Waals surface area contributed by atoms with Gasteiger partial charge in [0.25, 0.3) is 5.91 Å². The third-order valence-corrected chi connectivity index (χ3v) is 6.56. The van der Waals surface area contributed by atoms with Crippen molar-refractivity contribution in [3.63, 3.8) is 0 Å². The minimum Gasteiger partial charge on any atom is -0.491 e. The number of carboxylic acids is 1. The van der Waals surface area contributed by atoms with E-state index in [1.54, 1.807) is 20.8 Å². The predicted molar refractivity (Wildman–Crippen MR) is 136 cm³/mol. The van der Waals surface area contributed by atoms with Gasteiger partial charge in [-0.25, -0.2) is 14.0 Å². The first kappa shape index (κ1) is 29.7. The number of carbonyl (C=O) groups excluding carboxylic acids is 4. The van der Waals surface area contributed by atoms with E-state index in [2.05, 4.69) is 0 Å². The summed E-state index contributed by atoms with van der Waals surface area (Å²) in [5.41, 5.74) is -0.936. The van der Waals surface area contributed by atoms with Crippen LogP contribution in [0.5, 0.6) is 5.75 Å². The van der Waals surface area contributed by atoms with Crippen molar-refractivity contribution in [2.75, 3.05) is 46.9 Å². The Hall–Kier alpha value is -3.90. The molecule has 3 rings (SSSR count). The van der Waals surface area contributed by atoms with Crippen molar-refractivity contribution in [1.29, 1.82) is 0 Å². The molecule has 214 valence electrons. The molecule has 0 saturated carbocycles. The van der Waals surface area contributed by atoms with E-state index >= 15 is 0 Å². The van der Waals surface area contributed by atoms with Crippen LogP contribution in [0.1, 0.15) is 44.0 Å². The number of halogens is 1. The summed E-state index contributed by atoms with van der Waals surface area (Å²) < 4.78 is 25.6. The summed E-state index contributed by atoms with van der Waals surface area (Å²) in [6.07, 6.45) is -1.00. The zero-order valence-corrected chi connectivity index (χ0v) is 22.8. The largest absolute Gasteiger partial charge is 0.491 e. The highest BCUT2D eigenvalue weighted by Gasteiger charge is 2.37. The van der Waals surface area contributed by atoms with Gasteiger partial charge in [0.1, 0.15) is 29.8 Å². The van der Waals surface area contributed by atoms with E-state index < -0.39 is 47.4 Å². The third kappa shape index (κ3) is 7.36. The Bertz CT molecular complexity index is 1140. The number of piperazine rings is 1. The molecule has 12 nitrogen and oxygen atoms in total. The monoisotopic (exact) mass is 550 g/mol. The lowest BCUT2D eigenvalue weighted by molar-refractivity contribution is -0.144. The standard InChI is InChI=1S/C26H35FN4O8/c1-26(2,3)39-25(37)30-10-11-31-17(13-30)15-38-20-8-6-16(27)12-18(20)23(34)29(5)19(24(35)36)7-9-21(32)28(4)14-22(31)33/h6,8,12,17,19H,7,9-11,13-15H2,1-5H3,(H,35,36)/t17-,19?/m1/s1. The molecule has 39 heavy (non-hydrogen) atoms. The van der Waals surface area contributed by atoms with Crippen LogP contribution in [0.3, 0.4) is 0 Å². The number of likely N-dealkylation sites (N-methyl/N-ethyl adjacent to an activating group) is 2. The molecule has 2 aliphatic heterocycles. The molecule has 1 unspecified atom stereocenters. The molecule has 1 aromatic rings. The van der Waals surface area contributed by atoms with Gasteiger partial charge in [-0.1, -0.05) is 0 Å². The number of nitrogens with zero attached hydrogens (tertiary/aromatic N) is 4. The van der Waals surface area contributed by atoms with Crippen molar-refractivity contribution in [3.8, 4) is 5.75 Å². The second-order valence-corrected chi connectivity index (χ2v) is 10.7. The minimum atomic E-state index is -1.37. The second-order valence-electron chi connectivity index (χ2n) is 10.7. The van der Waals surface area contributed by atoms with Gasteiger partial charge in [0.05, 0.1) is 18.2 Å². The lowest BCUT2D eigenvalue weighted by atomic mass is 10.1. The van der Waals surface area contributed by atoms with Crippen LogP contribution in [-0.4, -0.2) is 119 Å². The van der Waals surface area contributed by atoms with Gasteiger partial charge in [-0.15, -0.1) is 0 Å². The van der Waals surface area contributed by atoms with E-state index in [4.69, 9.17) is 9.47 Å². The molecular weight excluding hydrogens is 515 g/mol. The summed E-state index contributed by atoms with van der Waals surface area (Å²) in [6, 6.07) is 1.24. The van der Waals surface area contributed by atoms with Gasteiger partial charge in [0.15, 0.2) is 0 Å². The van der Waals surface area contributed by atoms with Crippen LogP contribution in [-0.2, 0) is 19.1 Å². The zero-order valence-electron chi connectivity index (χ0n) is 22.8. The first-order valence-corrected chi connectivity index (χ1v) is 12.6. The Morgan fingerprint density at radius 1 is 1.10 bits per heavy atom. The van der Waals surface area contributed by atoms with Crippen LogP contribution in [0.15, 0.2) is 18.2 Å².